The molecule has 0 fully saturated rings. The van der Waals surface area contributed by atoms with Gasteiger partial charge in [-0.3, -0.25) is 9.36 Å². The Morgan fingerprint density at radius 1 is 1.06 bits per heavy atom. The molecule has 0 bridgehead atoms. The van der Waals surface area contributed by atoms with Crippen molar-refractivity contribution in [1.82, 2.24) is 4.57 Å². The van der Waals surface area contributed by atoms with Crippen LogP contribution in [0.2, 0.25) is 0 Å². The monoisotopic (exact) mass is 446 g/mol. The molecule has 3 aromatic rings. The van der Waals surface area contributed by atoms with Gasteiger partial charge in [0.05, 0.1) is 36.1 Å². The lowest BCUT2D eigenvalue weighted by Gasteiger charge is -2.21. The van der Waals surface area contributed by atoms with E-state index in [0.29, 0.717) is 20.6 Å². The van der Waals surface area contributed by atoms with Crippen LogP contribution in [-0.2, 0) is 9.53 Å². The predicted octanol–water partition coefficient (Wildman–Crippen LogP) is 3.08. The van der Waals surface area contributed by atoms with Crippen molar-refractivity contribution in [3.63, 3.8) is 0 Å². The van der Waals surface area contributed by atoms with E-state index in [1.807, 2.05) is 72.8 Å². The number of thiazole rings is 1. The second-order valence-corrected chi connectivity index (χ2v) is 8.17. The highest BCUT2D eigenvalue weighted by atomic mass is 32.1. The predicted molar refractivity (Wildman–Crippen MR) is 125 cm³/mol. The van der Waals surface area contributed by atoms with Crippen molar-refractivity contribution in [2.24, 2.45) is 4.99 Å². The summed E-state index contributed by atoms with van der Waals surface area (Å²) < 4.78 is 12.3. The van der Waals surface area contributed by atoms with Crippen LogP contribution in [0.4, 0.5) is 0 Å². The first-order valence-corrected chi connectivity index (χ1v) is 10.8. The van der Waals surface area contributed by atoms with Gasteiger partial charge in [0.25, 0.3) is 5.56 Å². The molecule has 0 aliphatic carbocycles. The Labute approximate surface area is 189 Å². The number of hydrogen-bond donors (Lipinski definition) is 0. The van der Waals surface area contributed by atoms with Crippen LogP contribution in [0.3, 0.4) is 0 Å². The second-order valence-electron chi connectivity index (χ2n) is 7.16. The zero-order valence-corrected chi connectivity index (χ0v) is 18.8. The first kappa shape index (κ1) is 21.5. The number of fused-ring (bicyclic) bond motifs is 1. The van der Waals surface area contributed by atoms with Gasteiger partial charge < -0.3 is 9.47 Å². The highest BCUT2D eigenvalue weighted by Crippen LogP contribution is 2.26. The number of rotatable bonds is 5. The molecular weight excluding hydrogens is 424 g/mol. The molecule has 1 aliphatic heterocycles. The fraction of sp³-hybridized carbons (Fsp3) is 0.160. The van der Waals surface area contributed by atoms with Gasteiger partial charge in [-0.25, -0.2) is 9.79 Å². The summed E-state index contributed by atoms with van der Waals surface area (Å²) in [6.07, 6.45) is 5.56. The minimum atomic E-state index is -0.614. The van der Waals surface area contributed by atoms with Gasteiger partial charge >= 0.3 is 5.97 Å². The largest absolute Gasteiger partial charge is 0.497 e. The lowest BCUT2D eigenvalue weighted by atomic mass is 10.0. The van der Waals surface area contributed by atoms with Crippen LogP contribution in [0, 0.1) is 0 Å². The van der Waals surface area contributed by atoms with Crippen LogP contribution in [-0.4, -0.2) is 24.8 Å². The highest BCUT2D eigenvalue weighted by molar-refractivity contribution is 7.07. The molecule has 0 N–H and O–H groups in total. The Morgan fingerprint density at radius 2 is 1.78 bits per heavy atom. The molecule has 1 aromatic heterocycles. The Hall–Kier alpha value is -3.71. The molecule has 2 aromatic carbocycles. The first-order valence-electron chi connectivity index (χ1n) is 10.00. The van der Waals surface area contributed by atoms with E-state index in [0.717, 1.165) is 16.9 Å². The van der Waals surface area contributed by atoms with Crippen LogP contribution in [0.1, 0.15) is 24.1 Å². The van der Waals surface area contributed by atoms with E-state index in [9.17, 15) is 9.59 Å². The molecule has 1 aliphatic rings. The minimum absolute atomic E-state index is 0.207. The van der Waals surface area contributed by atoms with Crippen LogP contribution < -0.4 is 19.6 Å². The molecule has 0 spiro atoms. The summed E-state index contributed by atoms with van der Waals surface area (Å²) in [7, 11) is 2.94. The summed E-state index contributed by atoms with van der Waals surface area (Å²) in [5.74, 6) is 0.242. The van der Waals surface area contributed by atoms with Crippen molar-refractivity contribution in [3.05, 3.63) is 103 Å². The molecule has 1 atom stereocenters. The number of nitrogens with zero attached hydrogens (tertiary/aromatic N) is 2. The number of methoxy groups -OCH3 is 2. The van der Waals surface area contributed by atoms with Gasteiger partial charge in [0.2, 0.25) is 0 Å². The van der Waals surface area contributed by atoms with E-state index in [1.54, 1.807) is 18.6 Å². The van der Waals surface area contributed by atoms with Crippen molar-refractivity contribution in [3.8, 4) is 5.75 Å². The quantitative estimate of drug-likeness (QED) is 0.565. The van der Waals surface area contributed by atoms with Crippen LogP contribution in [0.25, 0.3) is 12.2 Å². The van der Waals surface area contributed by atoms with Gasteiger partial charge in [0.15, 0.2) is 4.80 Å². The van der Waals surface area contributed by atoms with Crippen molar-refractivity contribution in [2.75, 3.05) is 14.2 Å². The topological polar surface area (TPSA) is 69.9 Å². The number of ether oxygens (including phenoxy) is 2. The van der Waals surface area contributed by atoms with Crippen molar-refractivity contribution >= 4 is 29.5 Å². The van der Waals surface area contributed by atoms with E-state index >= 15 is 0 Å². The lowest BCUT2D eigenvalue weighted by Crippen LogP contribution is -2.38. The molecule has 0 saturated heterocycles. The minimum Gasteiger partial charge on any atom is -0.497 e. The SMILES string of the molecule is COC(=O)C1=C(C)N=c2s/c(=C/c3ccc(OC)cc3)c(=O)n2[C@H]1/C=C/c1ccccc1. The van der Waals surface area contributed by atoms with Gasteiger partial charge in [-0.15, -0.1) is 0 Å². The Bertz CT molecular complexity index is 1380. The zero-order chi connectivity index (χ0) is 22.7. The Kier molecular flexibility index (Phi) is 6.18. The molecule has 32 heavy (non-hydrogen) atoms. The molecule has 0 amide bonds. The van der Waals surface area contributed by atoms with E-state index in [2.05, 4.69) is 4.99 Å². The maximum atomic E-state index is 13.4. The maximum absolute atomic E-state index is 13.4. The Balaban J connectivity index is 1.85. The molecule has 6 nitrogen and oxygen atoms in total. The number of carbonyl (C=O) groups is 1. The summed E-state index contributed by atoms with van der Waals surface area (Å²) >= 11 is 1.29. The van der Waals surface area contributed by atoms with Crippen LogP contribution >= 0.6 is 11.3 Å². The van der Waals surface area contributed by atoms with E-state index in [-0.39, 0.29) is 5.56 Å². The number of benzene rings is 2. The average Bonchev–Trinajstić information content (AvgIpc) is 3.12. The summed E-state index contributed by atoms with van der Waals surface area (Å²) in [5, 5.41) is 0. The van der Waals surface area contributed by atoms with E-state index < -0.39 is 12.0 Å². The van der Waals surface area contributed by atoms with Gasteiger partial charge in [-0.1, -0.05) is 66.0 Å². The number of allylic oxidation sites excluding steroid dienone is 2. The molecule has 0 radical (unpaired) electrons. The fourth-order valence-electron chi connectivity index (χ4n) is 3.54. The normalized spacial score (nSPS) is 16.1. The van der Waals surface area contributed by atoms with Gasteiger partial charge in [-0.2, -0.15) is 0 Å². The smallest absolute Gasteiger partial charge is 0.338 e. The summed E-state index contributed by atoms with van der Waals surface area (Å²) in [4.78, 5) is 31.0. The second kappa shape index (κ2) is 9.20. The standard InChI is InChI=1S/C25H22N2O4S/c1-16-22(24(29)31-3)20(14-11-17-7-5-4-6-8-17)27-23(28)21(32-25(27)26-16)15-18-9-12-19(30-2)13-10-18/h4-15,20H,1-3H3/b14-11+,21-15+/t20-/m0/s1. The third kappa shape index (κ3) is 4.20. The molecule has 0 unspecified atom stereocenters. The van der Waals surface area contributed by atoms with Crippen LogP contribution in [0.15, 0.2) is 81.7 Å². The molecular formula is C25H22N2O4S. The van der Waals surface area contributed by atoms with Crippen molar-refractivity contribution < 1.29 is 14.3 Å². The van der Waals surface area contributed by atoms with Crippen LogP contribution in [0.5, 0.6) is 5.75 Å². The average molecular weight is 447 g/mol. The van der Waals surface area contributed by atoms with Gasteiger partial charge in [0, 0.05) is 0 Å². The van der Waals surface area contributed by atoms with E-state index in [1.165, 1.54) is 18.4 Å². The maximum Gasteiger partial charge on any atom is 0.338 e. The zero-order valence-electron chi connectivity index (χ0n) is 17.9. The van der Waals surface area contributed by atoms with Crippen molar-refractivity contribution in [2.45, 2.75) is 13.0 Å². The number of hydrogen-bond acceptors (Lipinski definition) is 6. The third-order valence-electron chi connectivity index (χ3n) is 5.15. The third-order valence-corrected chi connectivity index (χ3v) is 6.14. The molecule has 162 valence electrons. The summed E-state index contributed by atoms with van der Waals surface area (Å²) in [5.41, 5.74) is 2.52. The van der Waals surface area contributed by atoms with Gasteiger partial charge in [0.1, 0.15) is 5.75 Å². The summed E-state index contributed by atoms with van der Waals surface area (Å²) in [6, 6.07) is 16.5. The number of carbonyl (C=O) groups excluding carboxylic acids is 1. The summed E-state index contributed by atoms with van der Waals surface area (Å²) in [6.45, 7) is 1.76. The lowest BCUT2D eigenvalue weighted by molar-refractivity contribution is -0.136. The Morgan fingerprint density at radius 3 is 2.44 bits per heavy atom. The van der Waals surface area contributed by atoms with E-state index in [4.69, 9.17) is 9.47 Å². The first-order chi connectivity index (χ1) is 15.5. The number of aromatic nitrogens is 1. The van der Waals surface area contributed by atoms with Gasteiger partial charge in [-0.05, 0) is 36.3 Å². The number of esters is 1. The molecule has 2 heterocycles. The molecule has 0 saturated carbocycles. The highest BCUT2D eigenvalue weighted by Gasteiger charge is 2.30. The van der Waals surface area contributed by atoms with Crippen molar-refractivity contribution in [1.29, 1.82) is 0 Å². The fourth-order valence-corrected chi connectivity index (χ4v) is 4.59. The molecule has 7 heteroatoms. The molecule has 4 rings (SSSR count).